The molecule has 0 atom stereocenters. The Morgan fingerprint density at radius 2 is 2.11 bits per heavy atom. The molecule has 0 fully saturated rings. The molecule has 0 aliphatic carbocycles. The molecule has 18 heavy (non-hydrogen) atoms. The Morgan fingerprint density at radius 1 is 1.22 bits per heavy atom. The molecule has 3 nitrogen and oxygen atoms in total. The first kappa shape index (κ1) is 11.4. The molecule has 0 saturated carbocycles. The van der Waals surface area contributed by atoms with Gasteiger partial charge in [-0.2, -0.15) is 0 Å². The maximum atomic E-state index is 4.62. The number of nitrogens with zero attached hydrogens (tertiary/aromatic N) is 3. The van der Waals surface area contributed by atoms with Gasteiger partial charge in [-0.05, 0) is 29.8 Å². The molecule has 0 unspecified atom stereocenters. The summed E-state index contributed by atoms with van der Waals surface area (Å²) in [7, 11) is 2.01. The summed E-state index contributed by atoms with van der Waals surface area (Å²) < 4.78 is 3.15. The Hall–Kier alpha value is -1.68. The van der Waals surface area contributed by atoms with Crippen LogP contribution in [0.4, 0.5) is 0 Å². The summed E-state index contributed by atoms with van der Waals surface area (Å²) in [4.78, 5) is 8.97. The van der Waals surface area contributed by atoms with Gasteiger partial charge < -0.3 is 4.57 Å². The van der Waals surface area contributed by atoms with Gasteiger partial charge in [-0.1, -0.05) is 28.1 Å². The molecule has 2 heterocycles. The number of aryl methyl sites for hydroxylation is 1. The molecule has 0 N–H and O–H groups in total. The number of pyridine rings is 1. The summed E-state index contributed by atoms with van der Waals surface area (Å²) in [6.45, 7) is 0. The van der Waals surface area contributed by atoms with Crippen LogP contribution in [0.3, 0.4) is 0 Å². The van der Waals surface area contributed by atoms with Gasteiger partial charge in [-0.15, -0.1) is 0 Å². The van der Waals surface area contributed by atoms with E-state index in [-0.39, 0.29) is 0 Å². The third-order valence-corrected chi connectivity index (χ3v) is 3.46. The van der Waals surface area contributed by atoms with E-state index in [9.17, 15) is 0 Å². The normalized spacial score (nSPS) is 11.0. The van der Waals surface area contributed by atoms with Crippen LogP contribution in [0.1, 0.15) is 11.4 Å². The lowest BCUT2D eigenvalue weighted by Crippen LogP contribution is -1.99. The van der Waals surface area contributed by atoms with Crippen LogP contribution in [0.15, 0.2) is 47.1 Å². The number of imidazole rings is 1. The van der Waals surface area contributed by atoms with E-state index in [0.29, 0.717) is 0 Å². The molecule has 0 bridgehead atoms. The first-order valence-electron chi connectivity index (χ1n) is 5.75. The minimum absolute atomic E-state index is 0.812. The topological polar surface area (TPSA) is 30.7 Å². The van der Waals surface area contributed by atoms with E-state index in [2.05, 4.69) is 42.6 Å². The van der Waals surface area contributed by atoms with Crippen molar-refractivity contribution in [3.63, 3.8) is 0 Å². The van der Waals surface area contributed by atoms with Crippen molar-refractivity contribution in [2.45, 2.75) is 6.42 Å². The monoisotopic (exact) mass is 301 g/mol. The van der Waals surface area contributed by atoms with Gasteiger partial charge in [-0.25, -0.2) is 9.97 Å². The van der Waals surface area contributed by atoms with Crippen LogP contribution in [0.2, 0.25) is 0 Å². The van der Waals surface area contributed by atoms with E-state index in [1.54, 1.807) is 6.20 Å². The lowest BCUT2D eigenvalue weighted by Gasteiger charge is -2.02. The first-order chi connectivity index (χ1) is 8.74. The van der Waals surface area contributed by atoms with Gasteiger partial charge in [0.2, 0.25) is 0 Å². The van der Waals surface area contributed by atoms with Crippen molar-refractivity contribution in [2.75, 3.05) is 0 Å². The number of aromatic nitrogens is 3. The average Bonchev–Trinajstić information content (AvgIpc) is 2.67. The fraction of sp³-hybridized carbons (Fsp3) is 0.143. The number of hydrogen-bond donors (Lipinski definition) is 0. The summed E-state index contributed by atoms with van der Waals surface area (Å²) in [6, 6.07) is 12.2. The number of rotatable bonds is 2. The summed E-state index contributed by atoms with van der Waals surface area (Å²) in [6.07, 6.45) is 2.61. The van der Waals surface area contributed by atoms with Crippen LogP contribution in [-0.4, -0.2) is 14.5 Å². The maximum Gasteiger partial charge on any atom is 0.159 e. The summed E-state index contributed by atoms with van der Waals surface area (Å²) in [5.41, 5.74) is 3.12. The second kappa shape index (κ2) is 4.53. The Balaban J connectivity index is 2.02. The fourth-order valence-electron chi connectivity index (χ4n) is 2.06. The van der Waals surface area contributed by atoms with E-state index < -0.39 is 0 Å². The predicted molar refractivity (Wildman–Crippen MR) is 75.5 cm³/mol. The van der Waals surface area contributed by atoms with Crippen molar-refractivity contribution >= 4 is 27.1 Å². The zero-order chi connectivity index (χ0) is 12.5. The van der Waals surface area contributed by atoms with Crippen molar-refractivity contribution in [2.24, 2.45) is 7.05 Å². The van der Waals surface area contributed by atoms with Crippen molar-refractivity contribution in [1.82, 2.24) is 14.5 Å². The highest BCUT2D eigenvalue weighted by Crippen LogP contribution is 2.17. The molecular weight excluding hydrogens is 290 g/mol. The lowest BCUT2D eigenvalue weighted by molar-refractivity contribution is 0.835. The van der Waals surface area contributed by atoms with Gasteiger partial charge >= 0.3 is 0 Å². The standard InChI is InChI=1S/C14H12BrN3/c1-18-13(9-10-4-2-5-11(15)8-10)17-12-6-3-7-16-14(12)18/h2-8H,9H2,1H3. The predicted octanol–water partition coefficient (Wildman–Crippen LogP) is 3.32. The molecule has 0 aliphatic rings. The Morgan fingerprint density at radius 3 is 2.89 bits per heavy atom. The molecule has 2 aromatic heterocycles. The van der Waals surface area contributed by atoms with E-state index in [1.165, 1.54) is 5.56 Å². The van der Waals surface area contributed by atoms with Gasteiger partial charge in [0, 0.05) is 24.1 Å². The molecule has 3 rings (SSSR count). The molecule has 0 aliphatic heterocycles. The van der Waals surface area contributed by atoms with Gasteiger partial charge in [-0.3, -0.25) is 0 Å². The molecule has 4 heteroatoms. The zero-order valence-electron chi connectivity index (χ0n) is 9.97. The van der Waals surface area contributed by atoms with Crippen LogP contribution in [0.25, 0.3) is 11.2 Å². The quantitative estimate of drug-likeness (QED) is 0.727. The minimum atomic E-state index is 0.812. The molecule has 90 valence electrons. The van der Waals surface area contributed by atoms with E-state index >= 15 is 0 Å². The van der Waals surface area contributed by atoms with Crippen LogP contribution < -0.4 is 0 Å². The van der Waals surface area contributed by atoms with E-state index in [1.807, 2.05) is 31.3 Å². The first-order valence-corrected chi connectivity index (χ1v) is 6.54. The van der Waals surface area contributed by atoms with Crippen molar-refractivity contribution in [1.29, 1.82) is 0 Å². The van der Waals surface area contributed by atoms with Crippen LogP contribution in [0.5, 0.6) is 0 Å². The van der Waals surface area contributed by atoms with Crippen molar-refractivity contribution in [3.05, 3.63) is 58.5 Å². The van der Waals surface area contributed by atoms with Gasteiger partial charge in [0.25, 0.3) is 0 Å². The molecule has 3 aromatic rings. The SMILES string of the molecule is Cn1c(Cc2cccc(Br)c2)nc2cccnc21. The number of halogens is 1. The van der Waals surface area contributed by atoms with Crippen molar-refractivity contribution in [3.8, 4) is 0 Å². The van der Waals surface area contributed by atoms with E-state index in [0.717, 1.165) is 27.9 Å². The fourth-order valence-corrected chi connectivity index (χ4v) is 2.50. The third-order valence-electron chi connectivity index (χ3n) is 2.97. The lowest BCUT2D eigenvalue weighted by atomic mass is 10.1. The molecule has 0 amide bonds. The number of benzene rings is 1. The highest BCUT2D eigenvalue weighted by molar-refractivity contribution is 9.10. The maximum absolute atomic E-state index is 4.62. The van der Waals surface area contributed by atoms with Gasteiger partial charge in [0.15, 0.2) is 5.65 Å². The number of fused-ring (bicyclic) bond motifs is 1. The smallest absolute Gasteiger partial charge is 0.159 e. The largest absolute Gasteiger partial charge is 0.316 e. The summed E-state index contributed by atoms with van der Waals surface area (Å²) in [5.74, 6) is 1.03. The Bertz CT molecular complexity index is 703. The molecule has 1 aromatic carbocycles. The van der Waals surface area contributed by atoms with Gasteiger partial charge in [0.1, 0.15) is 11.3 Å². The second-order valence-electron chi connectivity index (χ2n) is 4.24. The molecular formula is C14H12BrN3. The second-order valence-corrected chi connectivity index (χ2v) is 5.16. The molecule has 0 radical (unpaired) electrons. The highest BCUT2D eigenvalue weighted by atomic mass is 79.9. The molecule has 0 saturated heterocycles. The van der Waals surface area contributed by atoms with Crippen LogP contribution in [-0.2, 0) is 13.5 Å². The molecule has 0 spiro atoms. The van der Waals surface area contributed by atoms with Crippen LogP contribution in [0, 0.1) is 0 Å². The van der Waals surface area contributed by atoms with Crippen molar-refractivity contribution < 1.29 is 0 Å². The Labute approximate surface area is 114 Å². The number of hydrogen-bond acceptors (Lipinski definition) is 2. The third kappa shape index (κ3) is 2.04. The Kier molecular flexibility index (Phi) is 2.88. The van der Waals surface area contributed by atoms with Gasteiger partial charge in [0.05, 0.1) is 0 Å². The van der Waals surface area contributed by atoms with E-state index in [4.69, 9.17) is 0 Å². The zero-order valence-corrected chi connectivity index (χ0v) is 11.6. The highest BCUT2D eigenvalue weighted by Gasteiger charge is 2.08. The van der Waals surface area contributed by atoms with Crippen LogP contribution >= 0.6 is 15.9 Å². The summed E-state index contributed by atoms with van der Waals surface area (Å²) >= 11 is 3.49. The minimum Gasteiger partial charge on any atom is -0.316 e. The average molecular weight is 302 g/mol. The summed E-state index contributed by atoms with van der Waals surface area (Å²) in [5, 5.41) is 0.